The molecular formula is C18H30N6O2S2. The van der Waals surface area contributed by atoms with Crippen LogP contribution in [0.5, 0.6) is 0 Å². The van der Waals surface area contributed by atoms with Crippen molar-refractivity contribution in [1.29, 1.82) is 0 Å². The molecule has 0 aromatic carbocycles. The molecule has 156 valence electrons. The Morgan fingerprint density at radius 1 is 1.25 bits per heavy atom. The maximum Gasteiger partial charge on any atom is 0.256 e. The molecule has 4 aliphatic heterocycles. The highest BCUT2D eigenvalue weighted by Crippen LogP contribution is 2.35. The van der Waals surface area contributed by atoms with E-state index >= 15 is 0 Å². The van der Waals surface area contributed by atoms with Crippen molar-refractivity contribution in [2.45, 2.75) is 41.9 Å². The largest absolute Gasteiger partial charge is 0.341 e. The van der Waals surface area contributed by atoms with Crippen LogP contribution in [-0.4, -0.2) is 89.6 Å². The van der Waals surface area contributed by atoms with E-state index < -0.39 is 0 Å². The number of piperazine rings is 1. The average molecular weight is 427 g/mol. The number of nitrogens with one attached hydrogen (secondary N) is 4. The standard InChI is InChI=1S/C18H30N6O2S2/c1-2-24-7-3-13-12(10-24)21-18(28-13)16(26)23-17-11(4-8-27-17)15(25)22-14-9-19-5-6-20-14/h11,13-14,17-20H,2-10H2,1H3,(H,22,25)(H,23,26). The van der Waals surface area contributed by atoms with Crippen LogP contribution in [0.3, 0.4) is 0 Å². The fourth-order valence-corrected chi connectivity index (χ4v) is 6.69. The number of carbonyl (C=O) groups is 2. The SMILES string of the molecule is CCN1CCC2SC(C(=O)NC3SCCC3C(=O)NC3CNCCN3)N=C2C1. The molecule has 5 unspecified atom stereocenters. The average Bonchev–Trinajstić information content (AvgIpc) is 3.34. The second kappa shape index (κ2) is 9.34. The lowest BCUT2D eigenvalue weighted by molar-refractivity contribution is -0.126. The first-order valence-corrected chi connectivity index (χ1v) is 12.2. The molecule has 3 fully saturated rings. The number of nitrogens with zero attached hydrogens (tertiary/aromatic N) is 2. The van der Waals surface area contributed by atoms with Crippen LogP contribution in [0.2, 0.25) is 0 Å². The number of rotatable bonds is 5. The van der Waals surface area contributed by atoms with Crippen molar-refractivity contribution in [2.24, 2.45) is 10.9 Å². The van der Waals surface area contributed by atoms with Gasteiger partial charge in [0.2, 0.25) is 5.91 Å². The van der Waals surface area contributed by atoms with Crippen molar-refractivity contribution >= 4 is 41.0 Å². The predicted octanol–water partition coefficient (Wildman–Crippen LogP) is -0.575. The second-order valence-electron chi connectivity index (χ2n) is 7.67. The molecule has 28 heavy (non-hydrogen) atoms. The van der Waals surface area contributed by atoms with Crippen molar-refractivity contribution in [3.05, 3.63) is 0 Å². The first-order chi connectivity index (χ1) is 13.6. The summed E-state index contributed by atoms with van der Waals surface area (Å²) in [5, 5.41) is 12.6. The number of aliphatic imine (C=N–C) groups is 1. The predicted molar refractivity (Wildman–Crippen MR) is 115 cm³/mol. The second-order valence-corrected chi connectivity index (χ2v) is 10.2. The number of amides is 2. The summed E-state index contributed by atoms with van der Waals surface area (Å²) < 4.78 is 0. The molecule has 3 saturated heterocycles. The minimum atomic E-state index is -0.370. The number of piperidine rings is 1. The Morgan fingerprint density at radius 3 is 2.93 bits per heavy atom. The molecule has 0 radical (unpaired) electrons. The fraction of sp³-hybridized carbons (Fsp3) is 0.833. The zero-order chi connectivity index (χ0) is 19.5. The van der Waals surface area contributed by atoms with Crippen LogP contribution in [0.15, 0.2) is 4.99 Å². The Balaban J connectivity index is 1.31. The Bertz CT molecular complexity index is 627. The number of hydrogen-bond acceptors (Lipinski definition) is 8. The van der Waals surface area contributed by atoms with Gasteiger partial charge in [-0.25, -0.2) is 0 Å². The highest BCUT2D eigenvalue weighted by molar-refractivity contribution is 8.02. The van der Waals surface area contributed by atoms with Gasteiger partial charge >= 0.3 is 0 Å². The highest BCUT2D eigenvalue weighted by Gasteiger charge is 2.40. The minimum Gasteiger partial charge on any atom is -0.341 e. The summed E-state index contributed by atoms with van der Waals surface area (Å²) in [4.78, 5) is 32.6. The molecular weight excluding hydrogens is 396 g/mol. The number of hydrogen-bond donors (Lipinski definition) is 4. The maximum atomic E-state index is 12.8. The molecule has 4 heterocycles. The fourth-order valence-electron chi connectivity index (χ4n) is 4.12. The van der Waals surface area contributed by atoms with Crippen molar-refractivity contribution < 1.29 is 9.59 Å². The van der Waals surface area contributed by atoms with Crippen LogP contribution in [0, 0.1) is 5.92 Å². The van der Waals surface area contributed by atoms with Gasteiger partial charge in [0.25, 0.3) is 5.91 Å². The molecule has 0 aliphatic carbocycles. The lowest BCUT2D eigenvalue weighted by Gasteiger charge is -2.29. The quantitative estimate of drug-likeness (QED) is 0.467. The van der Waals surface area contributed by atoms with Crippen molar-refractivity contribution in [1.82, 2.24) is 26.2 Å². The summed E-state index contributed by atoms with van der Waals surface area (Å²) in [6.07, 6.45) is 1.82. The van der Waals surface area contributed by atoms with Gasteiger partial charge in [0.05, 0.1) is 17.5 Å². The van der Waals surface area contributed by atoms with E-state index in [0.29, 0.717) is 5.25 Å². The van der Waals surface area contributed by atoms with E-state index in [9.17, 15) is 9.59 Å². The Morgan fingerprint density at radius 2 is 2.14 bits per heavy atom. The lowest BCUT2D eigenvalue weighted by atomic mass is 10.1. The van der Waals surface area contributed by atoms with Crippen LogP contribution in [0.4, 0.5) is 0 Å². The molecule has 5 atom stereocenters. The first-order valence-electron chi connectivity index (χ1n) is 10.2. The van der Waals surface area contributed by atoms with Crippen molar-refractivity contribution in [2.75, 3.05) is 45.0 Å². The maximum absolute atomic E-state index is 12.8. The van der Waals surface area contributed by atoms with Gasteiger partial charge in [-0.3, -0.25) is 24.8 Å². The summed E-state index contributed by atoms with van der Waals surface area (Å²) in [5.41, 5.74) is 1.16. The third-order valence-corrected chi connectivity index (χ3v) is 8.47. The Labute approximate surface area is 174 Å². The van der Waals surface area contributed by atoms with Gasteiger partial charge in [0, 0.05) is 37.1 Å². The van der Waals surface area contributed by atoms with Gasteiger partial charge in [-0.1, -0.05) is 6.92 Å². The highest BCUT2D eigenvalue weighted by atomic mass is 32.2. The topological polar surface area (TPSA) is 97.9 Å². The van der Waals surface area contributed by atoms with Gasteiger partial charge in [0.15, 0.2) is 5.37 Å². The molecule has 0 aromatic rings. The normalized spacial score (nSPS) is 35.9. The molecule has 4 aliphatic rings. The van der Waals surface area contributed by atoms with E-state index in [1.807, 2.05) is 0 Å². The van der Waals surface area contributed by atoms with E-state index in [1.165, 1.54) is 0 Å². The molecule has 10 heteroatoms. The van der Waals surface area contributed by atoms with Crippen molar-refractivity contribution in [3.8, 4) is 0 Å². The van der Waals surface area contributed by atoms with Crippen LogP contribution in [-0.2, 0) is 9.59 Å². The van der Waals surface area contributed by atoms with Gasteiger partial charge in [-0.15, -0.1) is 23.5 Å². The first kappa shape index (κ1) is 20.5. The number of thioether (sulfide) groups is 2. The van der Waals surface area contributed by atoms with Crippen LogP contribution in [0.1, 0.15) is 19.8 Å². The van der Waals surface area contributed by atoms with Crippen LogP contribution in [0.25, 0.3) is 0 Å². The van der Waals surface area contributed by atoms with Gasteiger partial charge in [-0.2, -0.15) is 0 Å². The van der Waals surface area contributed by atoms with E-state index in [1.54, 1.807) is 23.5 Å². The Kier molecular flexibility index (Phi) is 6.82. The summed E-state index contributed by atoms with van der Waals surface area (Å²) in [6, 6.07) is 0. The molecule has 0 saturated carbocycles. The number of likely N-dealkylation sites (tertiary alicyclic amines) is 1. The molecule has 4 N–H and O–H groups in total. The number of carbonyl (C=O) groups excluding carboxylic acids is 2. The molecule has 2 amide bonds. The van der Waals surface area contributed by atoms with E-state index in [4.69, 9.17) is 4.99 Å². The van der Waals surface area contributed by atoms with Gasteiger partial charge in [0.1, 0.15) is 0 Å². The monoisotopic (exact) mass is 426 g/mol. The minimum absolute atomic E-state index is 0.0224. The van der Waals surface area contributed by atoms with Crippen LogP contribution < -0.4 is 21.3 Å². The van der Waals surface area contributed by atoms with Gasteiger partial charge in [-0.05, 0) is 31.7 Å². The molecule has 0 aromatic heterocycles. The molecule has 0 spiro atoms. The van der Waals surface area contributed by atoms with Crippen LogP contribution >= 0.6 is 23.5 Å². The zero-order valence-corrected chi connectivity index (χ0v) is 17.9. The number of fused-ring (bicyclic) bond motifs is 1. The summed E-state index contributed by atoms with van der Waals surface area (Å²) in [7, 11) is 0. The van der Waals surface area contributed by atoms with Crippen molar-refractivity contribution in [3.63, 3.8) is 0 Å². The third-order valence-electron chi connectivity index (χ3n) is 5.78. The molecule has 0 bridgehead atoms. The summed E-state index contributed by atoms with van der Waals surface area (Å²) in [5.74, 6) is 0.674. The van der Waals surface area contributed by atoms with E-state index in [-0.39, 0.29) is 34.6 Å². The molecule has 8 nitrogen and oxygen atoms in total. The lowest BCUT2D eigenvalue weighted by Crippen LogP contribution is -2.58. The third kappa shape index (κ3) is 4.67. The van der Waals surface area contributed by atoms with E-state index in [0.717, 1.165) is 63.6 Å². The Hall–Kier alpha value is -0.810. The smallest absolute Gasteiger partial charge is 0.256 e. The van der Waals surface area contributed by atoms with Gasteiger partial charge < -0.3 is 16.0 Å². The van der Waals surface area contributed by atoms with E-state index in [2.05, 4.69) is 33.1 Å². The summed E-state index contributed by atoms with van der Waals surface area (Å²) >= 11 is 3.33. The summed E-state index contributed by atoms with van der Waals surface area (Å²) in [6.45, 7) is 7.64. The zero-order valence-electron chi connectivity index (χ0n) is 16.3. The molecule has 4 rings (SSSR count).